The Morgan fingerprint density at radius 3 is 2.45 bits per heavy atom. The van der Waals surface area contributed by atoms with Crippen LogP contribution in [0.4, 0.5) is 0 Å². The van der Waals surface area contributed by atoms with Crippen molar-refractivity contribution < 1.29 is 14.7 Å². The number of hydrogen-bond acceptors (Lipinski definition) is 2. The van der Waals surface area contributed by atoms with Crippen molar-refractivity contribution in [3.05, 3.63) is 46.4 Å². The highest BCUT2D eigenvalue weighted by Gasteiger charge is 2.22. The number of benzene rings is 2. The smallest absolute Gasteiger partial charge is 0.303 e. The van der Waals surface area contributed by atoms with E-state index in [-0.39, 0.29) is 12.3 Å². The van der Waals surface area contributed by atoms with Gasteiger partial charge in [-0.2, -0.15) is 0 Å². The van der Waals surface area contributed by atoms with E-state index in [9.17, 15) is 9.59 Å². The molecule has 1 amide bonds. The first kappa shape index (κ1) is 16.5. The number of carboxylic acids is 1. The monoisotopic (exact) mass is 363 g/mol. The minimum Gasteiger partial charge on any atom is -0.481 e. The molecule has 0 radical (unpaired) electrons. The van der Waals surface area contributed by atoms with Crippen molar-refractivity contribution >= 4 is 38.6 Å². The van der Waals surface area contributed by atoms with E-state index in [1.165, 1.54) is 0 Å². The number of carbonyl (C=O) groups excluding carboxylic acids is 1. The van der Waals surface area contributed by atoms with E-state index < -0.39 is 11.5 Å². The van der Waals surface area contributed by atoms with Crippen LogP contribution in [-0.4, -0.2) is 22.5 Å². The number of aliphatic carboxylic acids is 1. The number of halogens is 1. The van der Waals surface area contributed by atoms with Crippen molar-refractivity contribution in [2.24, 2.45) is 0 Å². The molecule has 0 saturated carbocycles. The van der Waals surface area contributed by atoms with Crippen LogP contribution in [0.5, 0.6) is 0 Å². The first-order chi connectivity index (χ1) is 10.3. The van der Waals surface area contributed by atoms with Crippen LogP contribution in [0.15, 0.2) is 40.9 Å². The second-order valence-corrected chi connectivity index (χ2v) is 6.85. The van der Waals surface area contributed by atoms with Gasteiger partial charge < -0.3 is 10.4 Å². The van der Waals surface area contributed by atoms with Gasteiger partial charge in [0.2, 0.25) is 0 Å². The topological polar surface area (TPSA) is 66.4 Å². The van der Waals surface area contributed by atoms with Crippen LogP contribution in [0.2, 0.25) is 0 Å². The summed E-state index contributed by atoms with van der Waals surface area (Å²) in [6.07, 6.45) is 0.410. The summed E-state index contributed by atoms with van der Waals surface area (Å²) in [5.41, 5.74) is 0.00247. The Balaban J connectivity index is 2.15. The predicted molar refractivity (Wildman–Crippen MR) is 90.1 cm³/mol. The molecule has 0 aliphatic carbocycles. The Labute approximate surface area is 137 Å². The second kappa shape index (κ2) is 6.48. The number of amides is 1. The molecule has 5 heteroatoms. The molecule has 0 saturated heterocycles. The van der Waals surface area contributed by atoms with Crippen LogP contribution in [0.1, 0.15) is 37.0 Å². The van der Waals surface area contributed by atoms with Crippen LogP contribution in [-0.2, 0) is 4.79 Å². The lowest BCUT2D eigenvalue weighted by molar-refractivity contribution is -0.137. The molecule has 0 unspecified atom stereocenters. The molecule has 2 rings (SSSR count). The van der Waals surface area contributed by atoms with Crippen molar-refractivity contribution in [2.45, 2.75) is 32.2 Å². The summed E-state index contributed by atoms with van der Waals surface area (Å²) in [4.78, 5) is 23.0. The van der Waals surface area contributed by atoms with Crippen molar-refractivity contribution in [1.82, 2.24) is 5.32 Å². The first-order valence-corrected chi connectivity index (χ1v) is 7.80. The van der Waals surface area contributed by atoms with E-state index in [1.54, 1.807) is 6.07 Å². The number of hydrogen-bond donors (Lipinski definition) is 2. The molecule has 4 nitrogen and oxygen atoms in total. The molecule has 0 aliphatic heterocycles. The van der Waals surface area contributed by atoms with Gasteiger partial charge in [0.05, 0.1) is 0 Å². The molecule has 0 aromatic heterocycles. The molecule has 2 aromatic rings. The second-order valence-electron chi connectivity index (χ2n) is 5.94. The van der Waals surface area contributed by atoms with Crippen molar-refractivity contribution in [3.63, 3.8) is 0 Å². The summed E-state index contributed by atoms with van der Waals surface area (Å²) in [5, 5.41) is 13.7. The summed E-state index contributed by atoms with van der Waals surface area (Å²) in [6.45, 7) is 3.65. The maximum absolute atomic E-state index is 12.3. The SMILES string of the molecule is CC(C)(CCC(=O)O)NC(=O)c1ccc2cc(Br)ccc2c1. The van der Waals surface area contributed by atoms with Gasteiger partial charge in [0.25, 0.3) is 5.91 Å². The van der Waals surface area contributed by atoms with Crippen LogP contribution in [0.25, 0.3) is 10.8 Å². The molecule has 2 N–H and O–H groups in total. The van der Waals surface area contributed by atoms with Gasteiger partial charge in [0, 0.05) is 22.0 Å². The fraction of sp³-hybridized carbons (Fsp3) is 0.294. The Morgan fingerprint density at radius 2 is 1.77 bits per heavy atom. The Kier molecular flexibility index (Phi) is 4.86. The van der Waals surface area contributed by atoms with E-state index in [4.69, 9.17) is 5.11 Å². The first-order valence-electron chi connectivity index (χ1n) is 7.00. The third-order valence-electron chi connectivity index (χ3n) is 3.48. The third-order valence-corrected chi connectivity index (χ3v) is 3.97. The lowest BCUT2D eigenvalue weighted by Gasteiger charge is -2.25. The molecule has 0 heterocycles. The highest BCUT2D eigenvalue weighted by Crippen LogP contribution is 2.21. The zero-order valence-electron chi connectivity index (χ0n) is 12.5. The molecule has 0 aliphatic rings. The molecule has 2 aromatic carbocycles. The van der Waals surface area contributed by atoms with Gasteiger partial charge in [-0.3, -0.25) is 9.59 Å². The molecule has 22 heavy (non-hydrogen) atoms. The fourth-order valence-electron chi connectivity index (χ4n) is 2.22. The van der Waals surface area contributed by atoms with Gasteiger partial charge in [0.15, 0.2) is 0 Å². The van der Waals surface area contributed by atoms with Gasteiger partial charge in [0.1, 0.15) is 0 Å². The average Bonchev–Trinajstić information content (AvgIpc) is 2.44. The lowest BCUT2D eigenvalue weighted by Crippen LogP contribution is -2.43. The quantitative estimate of drug-likeness (QED) is 0.844. The lowest BCUT2D eigenvalue weighted by atomic mass is 9.97. The number of carboxylic acid groups (broad SMARTS) is 1. The fourth-order valence-corrected chi connectivity index (χ4v) is 2.60. The van der Waals surface area contributed by atoms with Crippen LogP contribution in [0.3, 0.4) is 0 Å². The minimum atomic E-state index is -0.862. The zero-order valence-corrected chi connectivity index (χ0v) is 14.1. The molecule has 0 spiro atoms. The molecule has 0 atom stereocenters. The van der Waals surface area contributed by atoms with Crippen molar-refractivity contribution in [1.29, 1.82) is 0 Å². The Morgan fingerprint density at radius 1 is 1.14 bits per heavy atom. The summed E-state index contributed by atoms with van der Waals surface area (Å²) >= 11 is 3.42. The van der Waals surface area contributed by atoms with Crippen molar-refractivity contribution in [3.8, 4) is 0 Å². The molecular formula is C17H18BrNO3. The summed E-state index contributed by atoms with van der Waals surface area (Å²) in [7, 11) is 0. The van der Waals surface area contributed by atoms with Gasteiger partial charge in [-0.05, 0) is 55.3 Å². The van der Waals surface area contributed by atoms with Crippen LogP contribution < -0.4 is 5.32 Å². The maximum Gasteiger partial charge on any atom is 0.303 e. The van der Waals surface area contributed by atoms with E-state index >= 15 is 0 Å². The van der Waals surface area contributed by atoms with Gasteiger partial charge in [-0.25, -0.2) is 0 Å². The Bertz CT molecular complexity index is 725. The number of rotatable bonds is 5. The number of fused-ring (bicyclic) bond motifs is 1. The summed E-state index contributed by atoms with van der Waals surface area (Å²) in [6, 6.07) is 11.4. The summed E-state index contributed by atoms with van der Waals surface area (Å²) < 4.78 is 0.993. The van der Waals surface area contributed by atoms with E-state index in [0.29, 0.717) is 12.0 Å². The van der Waals surface area contributed by atoms with Gasteiger partial charge in [-0.15, -0.1) is 0 Å². The third kappa shape index (κ3) is 4.31. The van der Waals surface area contributed by atoms with Gasteiger partial charge in [-0.1, -0.05) is 28.1 Å². The van der Waals surface area contributed by atoms with Crippen LogP contribution >= 0.6 is 15.9 Å². The predicted octanol–water partition coefficient (Wildman–Crippen LogP) is 3.98. The molecule has 116 valence electrons. The largest absolute Gasteiger partial charge is 0.481 e. The average molecular weight is 364 g/mol. The number of carbonyl (C=O) groups is 2. The van der Waals surface area contributed by atoms with Crippen molar-refractivity contribution in [2.75, 3.05) is 0 Å². The standard InChI is InChI=1S/C17H18BrNO3/c1-17(2,8-7-15(20)21)19-16(22)13-4-3-12-10-14(18)6-5-11(12)9-13/h3-6,9-10H,7-8H2,1-2H3,(H,19,22)(H,20,21). The molecule has 0 fully saturated rings. The van der Waals surface area contributed by atoms with E-state index in [2.05, 4.69) is 21.2 Å². The summed E-state index contributed by atoms with van der Waals surface area (Å²) in [5.74, 6) is -1.06. The highest BCUT2D eigenvalue weighted by atomic mass is 79.9. The normalized spacial score (nSPS) is 11.4. The molecule has 0 bridgehead atoms. The highest BCUT2D eigenvalue weighted by molar-refractivity contribution is 9.10. The van der Waals surface area contributed by atoms with E-state index in [0.717, 1.165) is 15.2 Å². The number of nitrogens with one attached hydrogen (secondary N) is 1. The van der Waals surface area contributed by atoms with E-state index in [1.807, 2.05) is 44.2 Å². The molecular weight excluding hydrogens is 346 g/mol. The van der Waals surface area contributed by atoms with Gasteiger partial charge >= 0.3 is 5.97 Å². The van der Waals surface area contributed by atoms with Crippen LogP contribution in [0, 0.1) is 0 Å². The minimum absolute atomic E-state index is 0.0268. The maximum atomic E-state index is 12.3. The Hall–Kier alpha value is -1.88. The zero-order chi connectivity index (χ0) is 16.3.